The maximum absolute atomic E-state index is 12.1. The van der Waals surface area contributed by atoms with Crippen molar-refractivity contribution in [1.29, 1.82) is 0 Å². The molecule has 1 heterocycles. The van der Waals surface area contributed by atoms with Gasteiger partial charge >= 0.3 is 0 Å². The zero-order valence-electron chi connectivity index (χ0n) is 14.3. The molecule has 2 aromatic rings. The Bertz CT molecular complexity index is 762. The summed E-state index contributed by atoms with van der Waals surface area (Å²) < 4.78 is 0. The van der Waals surface area contributed by atoms with Gasteiger partial charge in [0, 0.05) is 24.8 Å². The average Bonchev–Trinajstić information content (AvgIpc) is 3.03. The van der Waals surface area contributed by atoms with Gasteiger partial charge in [-0.3, -0.25) is 9.59 Å². The Morgan fingerprint density at radius 1 is 1.16 bits per heavy atom. The predicted molar refractivity (Wildman–Crippen MR) is 104 cm³/mol. The van der Waals surface area contributed by atoms with E-state index in [1.165, 1.54) is 5.56 Å². The highest BCUT2D eigenvalue weighted by molar-refractivity contribution is 7.99. The highest BCUT2D eigenvalue weighted by Crippen LogP contribution is 2.30. The summed E-state index contributed by atoms with van der Waals surface area (Å²) >= 11 is 1.64. The van der Waals surface area contributed by atoms with Gasteiger partial charge in [-0.05, 0) is 47.9 Å². The van der Waals surface area contributed by atoms with Crippen LogP contribution in [0.4, 0.5) is 11.4 Å². The van der Waals surface area contributed by atoms with Crippen LogP contribution in [0.1, 0.15) is 18.1 Å². The van der Waals surface area contributed by atoms with Crippen LogP contribution in [0.15, 0.2) is 48.5 Å². The zero-order chi connectivity index (χ0) is 17.6. The average molecular weight is 354 g/mol. The van der Waals surface area contributed by atoms with Crippen molar-refractivity contribution in [2.75, 3.05) is 28.3 Å². The second kappa shape index (κ2) is 8.21. The summed E-state index contributed by atoms with van der Waals surface area (Å²) in [5.41, 5.74) is 4.18. The lowest BCUT2D eigenvalue weighted by Gasteiger charge is -2.15. The molecule has 2 aromatic carbocycles. The summed E-state index contributed by atoms with van der Waals surface area (Å²) in [6.07, 6.45) is 1.81. The number of aryl methyl sites for hydroxylation is 1. The Kier molecular flexibility index (Phi) is 5.76. The van der Waals surface area contributed by atoms with Gasteiger partial charge in [-0.15, -0.1) is 0 Å². The number of amides is 2. The SMILES string of the molecule is CC(=O)N1CCc2cc(NC(=O)CSCCc3ccccc3)ccc21. The largest absolute Gasteiger partial charge is 0.325 e. The second-order valence-electron chi connectivity index (χ2n) is 6.10. The number of anilines is 2. The second-order valence-corrected chi connectivity index (χ2v) is 7.21. The lowest BCUT2D eigenvalue weighted by atomic mass is 10.1. The van der Waals surface area contributed by atoms with Crippen molar-refractivity contribution in [1.82, 2.24) is 0 Å². The van der Waals surface area contributed by atoms with Gasteiger partial charge in [0.2, 0.25) is 11.8 Å². The Balaban J connectivity index is 1.46. The van der Waals surface area contributed by atoms with Gasteiger partial charge in [0.25, 0.3) is 0 Å². The zero-order valence-corrected chi connectivity index (χ0v) is 15.1. The Morgan fingerprint density at radius 3 is 2.72 bits per heavy atom. The van der Waals surface area contributed by atoms with Gasteiger partial charge < -0.3 is 10.2 Å². The van der Waals surface area contributed by atoms with E-state index in [0.29, 0.717) is 5.75 Å². The molecule has 130 valence electrons. The number of carbonyl (C=O) groups excluding carboxylic acids is 2. The van der Waals surface area contributed by atoms with Crippen molar-refractivity contribution in [3.05, 3.63) is 59.7 Å². The molecule has 0 radical (unpaired) electrons. The molecular formula is C20H22N2O2S. The molecule has 1 aliphatic rings. The smallest absolute Gasteiger partial charge is 0.234 e. The molecule has 0 spiro atoms. The van der Waals surface area contributed by atoms with E-state index in [1.54, 1.807) is 23.6 Å². The molecule has 0 aromatic heterocycles. The summed E-state index contributed by atoms with van der Waals surface area (Å²) in [5, 5.41) is 2.95. The van der Waals surface area contributed by atoms with Crippen LogP contribution in [-0.2, 0) is 22.4 Å². The summed E-state index contributed by atoms with van der Waals surface area (Å²) in [4.78, 5) is 25.5. The number of carbonyl (C=O) groups is 2. The van der Waals surface area contributed by atoms with Crippen LogP contribution < -0.4 is 10.2 Å². The van der Waals surface area contributed by atoms with Gasteiger partial charge in [0.15, 0.2) is 0 Å². The molecule has 0 bridgehead atoms. The highest BCUT2D eigenvalue weighted by atomic mass is 32.2. The van der Waals surface area contributed by atoms with E-state index >= 15 is 0 Å². The molecule has 3 rings (SSSR count). The quantitative estimate of drug-likeness (QED) is 0.808. The molecule has 0 saturated heterocycles. The summed E-state index contributed by atoms with van der Waals surface area (Å²) in [7, 11) is 0. The van der Waals surface area contributed by atoms with Crippen LogP contribution in [0.5, 0.6) is 0 Å². The number of nitrogens with one attached hydrogen (secondary N) is 1. The van der Waals surface area contributed by atoms with Crippen LogP contribution in [0.3, 0.4) is 0 Å². The number of benzene rings is 2. The minimum Gasteiger partial charge on any atom is -0.325 e. The molecule has 0 atom stereocenters. The molecule has 1 aliphatic heterocycles. The number of fused-ring (bicyclic) bond motifs is 1. The Hall–Kier alpha value is -2.27. The first kappa shape index (κ1) is 17.5. The van der Waals surface area contributed by atoms with Crippen LogP contribution in [0.25, 0.3) is 0 Å². The number of hydrogen-bond donors (Lipinski definition) is 1. The Labute approximate surface area is 152 Å². The number of thioether (sulfide) groups is 1. The first-order valence-electron chi connectivity index (χ1n) is 8.46. The molecule has 1 N–H and O–H groups in total. The third-order valence-electron chi connectivity index (χ3n) is 4.25. The van der Waals surface area contributed by atoms with Gasteiger partial charge in [-0.1, -0.05) is 30.3 Å². The van der Waals surface area contributed by atoms with Crippen LogP contribution in [0, 0.1) is 0 Å². The van der Waals surface area contributed by atoms with E-state index in [9.17, 15) is 9.59 Å². The Morgan fingerprint density at radius 2 is 1.96 bits per heavy atom. The van der Waals surface area contributed by atoms with Gasteiger partial charge in [-0.25, -0.2) is 0 Å². The molecule has 5 heteroatoms. The van der Waals surface area contributed by atoms with Crippen molar-refractivity contribution in [2.24, 2.45) is 0 Å². The fraction of sp³-hybridized carbons (Fsp3) is 0.300. The summed E-state index contributed by atoms with van der Waals surface area (Å²) in [5.74, 6) is 1.45. The molecule has 4 nitrogen and oxygen atoms in total. The van der Waals surface area contributed by atoms with Crippen molar-refractivity contribution < 1.29 is 9.59 Å². The topological polar surface area (TPSA) is 49.4 Å². The summed E-state index contributed by atoms with van der Waals surface area (Å²) in [6, 6.07) is 16.1. The monoisotopic (exact) mass is 354 g/mol. The lowest BCUT2D eigenvalue weighted by molar-refractivity contribution is -0.116. The van der Waals surface area contributed by atoms with E-state index in [0.717, 1.165) is 42.1 Å². The highest BCUT2D eigenvalue weighted by Gasteiger charge is 2.22. The van der Waals surface area contributed by atoms with Crippen molar-refractivity contribution in [3.8, 4) is 0 Å². The van der Waals surface area contributed by atoms with E-state index in [-0.39, 0.29) is 11.8 Å². The minimum absolute atomic E-state index is 0.0134. The van der Waals surface area contributed by atoms with Gasteiger partial charge in [0.05, 0.1) is 5.75 Å². The van der Waals surface area contributed by atoms with Crippen LogP contribution in [-0.4, -0.2) is 29.9 Å². The van der Waals surface area contributed by atoms with Crippen LogP contribution >= 0.6 is 11.8 Å². The number of rotatable bonds is 6. The standard InChI is InChI=1S/C20H22N2O2S/c1-15(23)22-11-9-17-13-18(7-8-19(17)22)21-20(24)14-25-12-10-16-5-3-2-4-6-16/h2-8,13H,9-12,14H2,1H3,(H,21,24). The van der Waals surface area contributed by atoms with Gasteiger partial charge in [-0.2, -0.15) is 11.8 Å². The number of nitrogens with zero attached hydrogens (tertiary/aromatic N) is 1. The van der Waals surface area contributed by atoms with Crippen molar-refractivity contribution in [3.63, 3.8) is 0 Å². The fourth-order valence-corrected chi connectivity index (χ4v) is 3.79. The first-order chi connectivity index (χ1) is 12.1. The van der Waals surface area contributed by atoms with E-state index in [2.05, 4.69) is 17.4 Å². The predicted octanol–water partition coefficient (Wildman–Crippen LogP) is 3.51. The normalized spacial score (nSPS) is 12.8. The van der Waals surface area contributed by atoms with E-state index in [1.807, 2.05) is 36.4 Å². The number of hydrogen-bond acceptors (Lipinski definition) is 3. The summed E-state index contributed by atoms with van der Waals surface area (Å²) in [6.45, 7) is 2.30. The van der Waals surface area contributed by atoms with Crippen molar-refractivity contribution in [2.45, 2.75) is 19.8 Å². The molecule has 0 unspecified atom stereocenters. The molecule has 2 amide bonds. The van der Waals surface area contributed by atoms with Gasteiger partial charge in [0.1, 0.15) is 0 Å². The first-order valence-corrected chi connectivity index (χ1v) is 9.61. The van der Waals surface area contributed by atoms with E-state index < -0.39 is 0 Å². The molecule has 0 saturated carbocycles. The molecule has 0 aliphatic carbocycles. The maximum Gasteiger partial charge on any atom is 0.234 e. The third kappa shape index (κ3) is 4.63. The molecular weight excluding hydrogens is 332 g/mol. The van der Waals surface area contributed by atoms with Crippen molar-refractivity contribution >= 4 is 35.0 Å². The lowest BCUT2D eigenvalue weighted by Crippen LogP contribution is -2.25. The maximum atomic E-state index is 12.1. The molecule has 0 fully saturated rings. The van der Waals surface area contributed by atoms with E-state index in [4.69, 9.17) is 0 Å². The fourth-order valence-electron chi connectivity index (χ4n) is 3.00. The van der Waals surface area contributed by atoms with Crippen LogP contribution in [0.2, 0.25) is 0 Å². The molecule has 25 heavy (non-hydrogen) atoms. The third-order valence-corrected chi connectivity index (χ3v) is 5.21. The minimum atomic E-state index is 0.0134.